The van der Waals surface area contributed by atoms with Crippen molar-refractivity contribution in [2.45, 2.75) is 32.9 Å². The molecule has 118 valence electrons. The van der Waals surface area contributed by atoms with Crippen LogP contribution < -0.4 is 16.2 Å². The van der Waals surface area contributed by atoms with Gasteiger partial charge >= 0.3 is 0 Å². The molecule has 0 aromatic carbocycles. The van der Waals surface area contributed by atoms with E-state index < -0.39 is 6.04 Å². The van der Waals surface area contributed by atoms with E-state index >= 15 is 0 Å². The van der Waals surface area contributed by atoms with Crippen LogP contribution in [-0.2, 0) is 16.1 Å². The highest BCUT2D eigenvalue weighted by Gasteiger charge is 2.16. The number of methoxy groups -OCH3 is 1. The molecule has 1 unspecified atom stereocenters. The summed E-state index contributed by atoms with van der Waals surface area (Å²) in [7, 11) is 1.56. The van der Waals surface area contributed by atoms with Gasteiger partial charge in [0.05, 0.1) is 18.5 Å². The Kier molecular flexibility index (Phi) is 7.18. The van der Waals surface area contributed by atoms with E-state index in [1.54, 1.807) is 14.0 Å². The Morgan fingerprint density at radius 3 is 2.90 bits per heavy atom. The van der Waals surface area contributed by atoms with E-state index in [1.807, 2.05) is 6.92 Å². The normalized spacial score (nSPS) is 12.0. The average molecular weight is 317 g/mol. The van der Waals surface area contributed by atoms with Crippen LogP contribution in [0.25, 0.3) is 0 Å². The number of nitrogens with zero attached hydrogens (tertiary/aromatic N) is 2. The van der Waals surface area contributed by atoms with Crippen LogP contribution in [0.5, 0.6) is 0 Å². The van der Waals surface area contributed by atoms with Gasteiger partial charge in [-0.3, -0.25) is 9.59 Å². The molecule has 0 aliphatic rings. The third kappa shape index (κ3) is 5.02. The Morgan fingerprint density at radius 1 is 1.57 bits per heavy atom. The molecule has 0 saturated heterocycles. The van der Waals surface area contributed by atoms with Crippen molar-refractivity contribution in [3.8, 4) is 0 Å². The molecule has 1 aromatic rings. The maximum Gasteiger partial charge on any atom is 0.287 e. The van der Waals surface area contributed by atoms with Crippen LogP contribution in [0.2, 0.25) is 5.02 Å². The molecule has 0 aliphatic carbocycles. The third-order valence-electron chi connectivity index (χ3n) is 2.79. The molecule has 1 aromatic heterocycles. The predicted octanol–water partition coefficient (Wildman–Crippen LogP) is 0.870. The van der Waals surface area contributed by atoms with Gasteiger partial charge in [0, 0.05) is 20.2 Å². The first kappa shape index (κ1) is 17.5. The van der Waals surface area contributed by atoms with Crippen LogP contribution in [0.3, 0.4) is 0 Å². The second-order valence-corrected chi connectivity index (χ2v) is 4.93. The molecule has 1 amide bonds. The van der Waals surface area contributed by atoms with Gasteiger partial charge in [-0.25, -0.2) is 4.68 Å². The minimum atomic E-state index is -0.539. The number of halogens is 1. The number of hydrogen-bond acceptors (Lipinski definition) is 5. The fourth-order valence-corrected chi connectivity index (χ4v) is 1.87. The van der Waals surface area contributed by atoms with E-state index in [2.05, 4.69) is 15.7 Å². The van der Waals surface area contributed by atoms with Gasteiger partial charge in [0.2, 0.25) is 5.91 Å². The monoisotopic (exact) mass is 316 g/mol. The van der Waals surface area contributed by atoms with E-state index in [1.165, 1.54) is 10.9 Å². The summed E-state index contributed by atoms with van der Waals surface area (Å²) in [6, 6.07) is -0.539. The number of nitrogens with one attached hydrogen (secondary N) is 2. The molecule has 0 spiro atoms. The SMILES string of the molecule is CCCn1ncc(NC(C)C(=O)NCCOC)c(Cl)c1=O. The number of amides is 1. The summed E-state index contributed by atoms with van der Waals surface area (Å²) in [5.41, 5.74) is -0.0149. The predicted molar refractivity (Wildman–Crippen MR) is 81.8 cm³/mol. The Hall–Kier alpha value is -1.60. The molecule has 0 fully saturated rings. The summed E-state index contributed by atoms with van der Waals surface area (Å²) >= 11 is 6.02. The standard InChI is InChI=1S/C13H21ClN4O3/c1-4-6-18-13(20)11(14)10(8-16-18)17-9(2)12(19)15-5-7-21-3/h8-9,17H,4-7H2,1-3H3,(H,15,19). The maximum absolute atomic E-state index is 12.0. The molecule has 1 atom stereocenters. The second kappa shape index (κ2) is 8.63. The van der Waals surface area contributed by atoms with Gasteiger partial charge in [0.1, 0.15) is 11.1 Å². The summed E-state index contributed by atoms with van der Waals surface area (Å²) in [6.45, 7) is 4.99. The minimum Gasteiger partial charge on any atom is -0.383 e. The number of carbonyl (C=O) groups is 1. The topological polar surface area (TPSA) is 85.2 Å². The largest absolute Gasteiger partial charge is 0.383 e. The molecule has 8 heteroatoms. The number of carbonyl (C=O) groups excluding carboxylic acids is 1. The first-order valence-electron chi connectivity index (χ1n) is 6.80. The lowest BCUT2D eigenvalue weighted by atomic mass is 10.3. The highest BCUT2D eigenvalue weighted by atomic mass is 35.5. The van der Waals surface area contributed by atoms with Gasteiger partial charge in [-0.05, 0) is 13.3 Å². The summed E-state index contributed by atoms with van der Waals surface area (Å²) in [5, 5.41) is 9.64. The summed E-state index contributed by atoms with van der Waals surface area (Å²) < 4.78 is 6.15. The van der Waals surface area contributed by atoms with Crippen molar-refractivity contribution in [3.05, 3.63) is 21.6 Å². The van der Waals surface area contributed by atoms with Crippen molar-refractivity contribution in [3.63, 3.8) is 0 Å². The van der Waals surface area contributed by atoms with Gasteiger partial charge < -0.3 is 15.4 Å². The summed E-state index contributed by atoms with van der Waals surface area (Å²) in [5.74, 6) is -0.208. The Labute approximate surface area is 128 Å². The lowest BCUT2D eigenvalue weighted by molar-refractivity contribution is -0.121. The lowest BCUT2D eigenvalue weighted by Crippen LogP contribution is -2.39. The summed E-state index contributed by atoms with van der Waals surface area (Å²) in [6.07, 6.45) is 2.24. The minimum absolute atomic E-state index is 0.0370. The number of aromatic nitrogens is 2. The molecule has 0 saturated carbocycles. The molecular weight excluding hydrogens is 296 g/mol. The number of hydrogen-bond donors (Lipinski definition) is 2. The molecule has 7 nitrogen and oxygen atoms in total. The highest BCUT2D eigenvalue weighted by molar-refractivity contribution is 6.33. The zero-order chi connectivity index (χ0) is 15.8. The van der Waals surface area contributed by atoms with Crippen molar-refractivity contribution in [2.75, 3.05) is 25.6 Å². The van der Waals surface area contributed by atoms with Crippen molar-refractivity contribution in [2.24, 2.45) is 0 Å². The number of ether oxygens (including phenoxy) is 1. The molecular formula is C13H21ClN4O3. The quantitative estimate of drug-likeness (QED) is 0.695. The van der Waals surface area contributed by atoms with Gasteiger partial charge in [-0.15, -0.1) is 0 Å². The van der Waals surface area contributed by atoms with Gasteiger partial charge in [-0.2, -0.15) is 5.10 Å². The van der Waals surface area contributed by atoms with Crippen molar-refractivity contribution >= 4 is 23.2 Å². The maximum atomic E-state index is 12.0. The van der Waals surface area contributed by atoms with Crippen LogP contribution in [0.15, 0.2) is 11.0 Å². The number of aryl methyl sites for hydroxylation is 1. The number of rotatable bonds is 8. The van der Waals surface area contributed by atoms with E-state index in [0.29, 0.717) is 25.4 Å². The van der Waals surface area contributed by atoms with E-state index in [0.717, 1.165) is 6.42 Å². The highest BCUT2D eigenvalue weighted by Crippen LogP contribution is 2.16. The average Bonchev–Trinajstić information content (AvgIpc) is 2.47. The second-order valence-electron chi connectivity index (χ2n) is 4.55. The Balaban J connectivity index is 2.72. The van der Waals surface area contributed by atoms with Gasteiger partial charge in [-0.1, -0.05) is 18.5 Å². The van der Waals surface area contributed by atoms with Crippen LogP contribution in [0.4, 0.5) is 5.69 Å². The van der Waals surface area contributed by atoms with Crippen molar-refractivity contribution in [1.29, 1.82) is 0 Å². The van der Waals surface area contributed by atoms with Crippen LogP contribution >= 0.6 is 11.6 Å². The van der Waals surface area contributed by atoms with Crippen LogP contribution in [0.1, 0.15) is 20.3 Å². The smallest absolute Gasteiger partial charge is 0.287 e. The van der Waals surface area contributed by atoms with Crippen LogP contribution in [-0.4, -0.2) is 42.0 Å². The van der Waals surface area contributed by atoms with Gasteiger partial charge in [0.15, 0.2) is 0 Å². The van der Waals surface area contributed by atoms with Crippen LogP contribution in [0, 0.1) is 0 Å². The lowest BCUT2D eigenvalue weighted by Gasteiger charge is -2.16. The van der Waals surface area contributed by atoms with E-state index in [9.17, 15) is 9.59 Å². The molecule has 1 heterocycles. The zero-order valence-electron chi connectivity index (χ0n) is 12.5. The van der Waals surface area contributed by atoms with Crippen molar-refractivity contribution < 1.29 is 9.53 Å². The summed E-state index contributed by atoms with van der Waals surface area (Å²) in [4.78, 5) is 23.8. The molecule has 0 aliphatic heterocycles. The third-order valence-corrected chi connectivity index (χ3v) is 3.16. The molecule has 0 bridgehead atoms. The molecule has 2 N–H and O–H groups in total. The molecule has 0 radical (unpaired) electrons. The first-order chi connectivity index (χ1) is 10.0. The van der Waals surface area contributed by atoms with Gasteiger partial charge in [0.25, 0.3) is 5.56 Å². The van der Waals surface area contributed by atoms with E-state index in [4.69, 9.17) is 16.3 Å². The fraction of sp³-hybridized carbons (Fsp3) is 0.615. The first-order valence-corrected chi connectivity index (χ1v) is 7.17. The molecule has 21 heavy (non-hydrogen) atoms. The Morgan fingerprint density at radius 2 is 2.29 bits per heavy atom. The van der Waals surface area contributed by atoms with E-state index in [-0.39, 0.29) is 16.5 Å². The number of anilines is 1. The van der Waals surface area contributed by atoms with Crippen molar-refractivity contribution in [1.82, 2.24) is 15.1 Å². The fourth-order valence-electron chi connectivity index (χ4n) is 1.66. The molecule has 1 rings (SSSR count). The zero-order valence-corrected chi connectivity index (χ0v) is 13.2. The Bertz CT molecular complexity index is 533.